The molecule has 0 bridgehead atoms. The van der Waals surface area contributed by atoms with Gasteiger partial charge in [-0.15, -0.1) is 0 Å². The molecule has 5 heteroatoms. The van der Waals surface area contributed by atoms with Crippen LogP contribution in [0, 0.1) is 5.92 Å². The van der Waals surface area contributed by atoms with Gasteiger partial charge in [-0.1, -0.05) is 29.4 Å². The summed E-state index contributed by atoms with van der Waals surface area (Å²) < 4.78 is 4.66. The lowest BCUT2D eigenvalue weighted by molar-refractivity contribution is 0.249. The molecule has 0 saturated carbocycles. The Morgan fingerprint density at radius 2 is 2.15 bits per heavy atom. The number of urea groups is 1. The van der Waals surface area contributed by atoms with Crippen LogP contribution in [-0.4, -0.2) is 17.7 Å². The van der Waals surface area contributed by atoms with Crippen molar-refractivity contribution in [3.05, 3.63) is 47.7 Å². The van der Waals surface area contributed by atoms with Gasteiger partial charge >= 0.3 is 6.03 Å². The molecule has 2 amide bonds. The molecule has 0 radical (unpaired) electrons. The van der Waals surface area contributed by atoms with E-state index in [-0.39, 0.29) is 6.03 Å². The minimum Gasteiger partial charge on any atom is -0.363 e. The Morgan fingerprint density at radius 1 is 1.30 bits per heavy atom. The van der Waals surface area contributed by atoms with Crippen LogP contribution in [0.2, 0.25) is 0 Å². The minimum atomic E-state index is -0.238. The average Bonchev–Trinajstić information content (AvgIpc) is 2.98. The smallest absolute Gasteiger partial charge is 0.320 e. The summed E-state index contributed by atoms with van der Waals surface area (Å²) in [5, 5.41) is 9.15. The van der Waals surface area contributed by atoms with E-state index in [1.807, 2.05) is 0 Å². The number of benzene rings is 1. The number of hydrogen-bond acceptors (Lipinski definition) is 3. The highest BCUT2D eigenvalue weighted by Gasteiger charge is 2.18. The molecule has 104 valence electrons. The molecule has 1 heterocycles. The van der Waals surface area contributed by atoms with Crippen molar-refractivity contribution in [2.24, 2.45) is 5.92 Å². The molecule has 3 rings (SSSR count). The summed E-state index contributed by atoms with van der Waals surface area (Å²) in [6, 6.07) is 9.90. The third-order valence-electron chi connectivity index (χ3n) is 3.68. The molecule has 1 aliphatic carbocycles. The Hall–Kier alpha value is -2.30. The number of aromatic nitrogens is 1. The van der Waals surface area contributed by atoms with Gasteiger partial charge in [-0.3, -0.25) is 5.32 Å². The molecule has 1 aromatic heterocycles. The fourth-order valence-corrected chi connectivity index (χ4v) is 2.62. The molecule has 1 unspecified atom stereocenters. The highest BCUT2D eigenvalue weighted by molar-refractivity contribution is 5.87. The summed E-state index contributed by atoms with van der Waals surface area (Å²) in [4.78, 5) is 11.7. The Bertz CT molecular complexity index is 581. The van der Waals surface area contributed by atoms with E-state index in [0.717, 1.165) is 19.3 Å². The number of amides is 2. The van der Waals surface area contributed by atoms with Gasteiger partial charge in [-0.05, 0) is 36.3 Å². The summed E-state index contributed by atoms with van der Waals surface area (Å²) >= 11 is 0. The number of carbonyl (C=O) groups is 1. The van der Waals surface area contributed by atoms with Crippen LogP contribution in [0.1, 0.15) is 17.5 Å². The van der Waals surface area contributed by atoms with E-state index < -0.39 is 0 Å². The van der Waals surface area contributed by atoms with Gasteiger partial charge in [-0.25, -0.2) is 4.79 Å². The average molecular weight is 271 g/mol. The predicted octanol–water partition coefficient (Wildman–Crippen LogP) is 2.60. The van der Waals surface area contributed by atoms with Crippen LogP contribution >= 0.6 is 0 Å². The molecule has 5 nitrogen and oxygen atoms in total. The van der Waals surface area contributed by atoms with Crippen LogP contribution < -0.4 is 10.6 Å². The number of anilines is 1. The third-order valence-corrected chi connectivity index (χ3v) is 3.68. The second-order valence-electron chi connectivity index (χ2n) is 5.10. The van der Waals surface area contributed by atoms with Gasteiger partial charge in [0.15, 0.2) is 5.82 Å². The first kappa shape index (κ1) is 12.7. The summed E-state index contributed by atoms with van der Waals surface area (Å²) in [6.45, 7) is 0.679. The lowest BCUT2D eigenvalue weighted by Gasteiger charge is -2.24. The molecule has 1 aliphatic rings. The van der Waals surface area contributed by atoms with Gasteiger partial charge in [0.05, 0.1) is 0 Å². The van der Waals surface area contributed by atoms with Crippen LogP contribution in [0.15, 0.2) is 41.1 Å². The number of aryl methyl sites for hydroxylation is 1. The van der Waals surface area contributed by atoms with Crippen molar-refractivity contribution < 1.29 is 9.32 Å². The maximum Gasteiger partial charge on any atom is 0.320 e. The van der Waals surface area contributed by atoms with Crippen LogP contribution in [0.25, 0.3) is 0 Å². The lowest BCUT2D eigenvalue weighted by atomic mass is 9.84. The van der Waals surface area contributed by atoms with Crippen molar-refractivity contribution in [1.29, 1.82) is 0 Å². The monoisotopic (exact) mass is 271 g/mol. The Balaban J connectivity index is 1.49. The van der Waals surface area contributed by atoms with Crippen LogP contribution in [0.4, 0.5) is 10.6 Å². The van der Waals surface area contributed by atoms with Crippen molar-refractivity contribution in [3.63, 3.8) is 0 Å². The number of fused-ring (bicyclic) bond motifs is 1. The highest BCUT2D eigenvalue weighted by Crippen LogP contribution is 2.24. The molecule has 0 saturated heterocycles. The highest BCUT2D eigenvalue weighted by atomic mass is 16.5. The van der Waals surface area contributed by atoms with Gasteiger partial charge in [0.1, 0.15) is 6.26 Å². The van der Waals surface area contributed by atoms with E-state index in [0.29, 0.717) is 18.3 Å². The Labute approximate surface area is 117 Å². The number of rotatable bonds is 3. The maximum atomic E-state index is 11.7. The second-order valence-corrected chi connectivity index (χ2v) is 5.10. The molecule has 2 aromatic rings. The van der Waals surface area contributed by atoms with Gasteiger partial charge in [0.25, 0.3) is 0 Å². The lowest BCUT2D eigenvalue weighted by Crippen LogP contribution is -2.35. The first-order valence-electron chi connectivity index (χ1n) is 6.83. The zero-order valence-electron chi connectivity index (χ0n) is 11.1. The van der Waals surface area contributed by atoms with Gasteiger partial charge in [0.2, 0.25) is 0 Å². The van der Waals surface area contributed by atoms with E-state index in [2.05, 4.69) is 44.6 Å². The molecule has 0 spiro atoms. The molecule has 2 N–H and O–H groups in total. The number of nitrogens with one attached hydrogen (secondary N) is 2. The topological polar surface area (TPSA) is 67.2 Å². The zero-order valence-corrected chi connectivity index (χ0v) is 11.1. The number of carbonyl (C=O) groups excluding carboxylic acids is 1. The van der Waals surface area contributed by atoms with E-state index in [4.69, 9.17) is 0 Å². The van der Waals surface area contributed by atoms with Crippen molar-refractivity contribution in [2.75, 3.05) is 11.9 Å². The molecule has 0 fully saturated rings. The second kappa shape index (κ2) is 5.77. The zero-order chi connectivity index (χ0) is 13.8. The fraction of sp³-hybridized carbons (Fsp3) is 0.333. The summed E-state index contributed by atoms with van der Waals surface area (Å²) in [7, 11) is 0. The Morgan fingerprint density at radius 3 is 2.95 bits per heavy atom. The molecule has 1 atom stereocenters. The summed E-state index contributed by atoms with van der Waals surface area (Å²) in [6.07, 6.45) is 4.66. The standard InChI is InChI=1S/C15H17N3O2/c19-15(17-14-7-8-20-18-14)16-10-11-5-6-12-3-1-2-4-13(12)9-11/h1-4,7-8,11H,5-6,9-10H2,(H2,16,17,18,19). The predicted molar refractivity (Wildman–Crippen MR) is 75.5 cm³/mol. The van der Waals surface area contributed by atoms with Crippen molar-refractivity contribution >= 4 is 11.8 Å². The van der Waals surface area contributed by atoms with E-state index in [1.54, 1.807) is 6.07 Å². The van der Waals surface area contributed by atoms with Gasteiger partial charge < -0.3 is 9.84 Å². The van der Waals surface area contributed by atoms with Crippen LogP contribution in [0.3, 0.4) is 0 Å². The van der Waals surface area contributed by atoms with Crippen molar-refractivity contribution in [1.82, 2.24) is 10.5 Å². The largest absolute Gasteiger partial charge is 0.363 e. The fourth-order valence-electron chi connectivity index (χ4n) is 2.62. The normalized spacial score (nSPS) is 17.3. The van der Waals surface area contributed by atoms with E-state index in [9.17, 15) is 4.79 Å². The maximum absolute atomic E-state index is 11.7. The van der Waals surface area contributed by atoms with Crippen molar-refractivity contribution in [3.8, 4) is 0 Å². The minimum absolute atomic E-state index is 0.238. The molecule has 1 aromatic carbocycles. The first-order valence-corrected chi connectivity index (χ1v) is 6.83. The summed E-state index contributed by atoms with van der Waals surface area (Å²) in [5.74, 6) is 0.921. The molecule has 20 heavy (non-hydrogen) atoms. The SMILES string of the molecule is O=C(NCC1CCc2ccccc2C1)Nc1ccon1. The molecular formula is C15H17N3O2. The van der Waals surface area contributed by atoms with Gasteiger partial charge in [0, 0.05) is 12.6 Å². The number of hydrogen-bond donors (Lipinski definition) is 2. The Kier molecular flexibility index (Phi) is 3.67. The quantitative estimate of drug-likeness (QED) is 0.901. The third kappa shape index (κ3) is 2.99. The van der Waals surface area contributed by atoms with E-state index >= 15 is 0 Å². The molecule has 0 aliphatic heterocycles. The van der Waals surface area contributed by atoms with Crippen LogP contribution in [-0.2, 0) is 12.8 Å². The molecular weight excluding hydrogens is 254 g/mol. The van der Waals surface area contributed by atoms with Gasteiger partial charge in [-0.2, -0.15) is 0 Å². The van der Waals surface area contributed by atoms with Crippen LogP contribution in [0.5, 0.6) is 0 Å². The first-order chi connectivity index (χ1) is 9.81. The van der Waals surface area contributed by atoms with Crippen molar-refractivity contribution in [2.45, 2.75) is 19.3 Å². The van der Waals surface area contributed by atoms with E-state index in [1.165, 1.54) is 17.4 Å². The summed E-state index contributed by atoms with van der Waals surface area (Å²) in [5.41, 5.74) is 2.85. The number of nitrogens with zero attached hydrogens (tertiary/aromatic N) is 1.